The Morgan fingerprint density at radius 2 is 1.95 bits per heavy atom. The van der Waals surface area contributed by atoms with E-state index in [1.807, 2.05) is 24.3 Å². The number of ether oxygens (including phenoxy) is 1. The minimum Gasteiger partial charge on any atom is -0.496 e. The molecule has 0 spiro atoms. The second-order valence-electron chi connectivity index (χ2n) is 5.74. The lowest BCUT2D eigenvalue weighted by atomic mass is 9.93. The van der Waals surface area contributed by atoms with Gasteiger partial charge in [0.2, 0.25) is 5.91 Å². The molecule has 0 saturated heterocycles. The van der Waals surface area contributed by atoms with Crippen molar-refractivity contribution in [3.63, 3.8) is 0 Å². The van der Waals surface area contributed by atoms with Gasteiger partial charge < -0.3 is 10.1 Å². The van der Waals surface area contributed by atoms with Crippen LogP contribution < -0.4 is 10.1 Å². The molecule has 0 unspecified atom stereocenters. The minimum atomic E-state index is -0.324. The first-order valence-electron chi connectivity index (χ1n) is 7.21. The summed E-state index contributed by atoms with van der Waals surface area (Å²) in [6.07, 6.45) is 6.62. The Balaban J connectivity index is 1.80. The van der Waals surface area contributed by atoms with Crippen molar-refractivity contribution in [1.29, 1.82) is 0 Å². The van der Waals surface area contributed by atoms with Crippen molar-refractivity contribution < 1.29 is 9.53 Å². The lowest BCUT2D eigenvalue weighted by molar-refractivity contribution is -0.124. The summed E-state index contributed by atoms with van der Waals surface area (Å²) < 4.78 is 5.41. The fourth-order valence-electron chi connectivity index (χ4n) is 3.18. The second kappa shape index (κ2) is 4.87. The summed E-state index contributed by atoms with van der Waals surface area (Å²) >= 11 is 0. The molecule has 0 radical (unpaired) electrons. The highest BCUT2D eigenvalue weighted by molar-refractivity contribution is 5.92. The molecule has 1 N–H and O–H groups in total. The van der Waals surface area contributed by atoms with Gasteiger partial charge in [-0.3, -0.25) is 4.79 Å². The van der Waals surface area contributed by atoms with Gasteiger partial charge in [-0.2, -0.15) is 0 Å². The molecule has 19 heavy (non-hydrogen) atoms. The molecule has 3 nitrogen and oxygen atoms in total. The molecule has 1 aromatic rings. The SMILES string of the molecule is COc1ccccc1C1(C(=O)NC2CCCC2)CC1. The van der Waals surface area contributed by atoms with Gasteiger partial charge in [0.25, 0.3) is 0 Å². The Morgan fingerprint density at radius 3 is 2.58 bits per heavy atom. The highest BCUT2D eigenvalue weighted by Gasteiger charge is 2.53. The van der Waals surface area contributed by atoms with E-state index in [-0.39, 0.29) is 11.3 Å². The quantitative estimate of drug-likeness (QED) is 0.903. The molecule has 0 atom stereocenters. The molecule has 1 aromatic carbocycles. The molecule has 0 aromatic heterocycles. The van der Waals surface area contributed by atoms with Crippen LogP contribution in [0.4, 0.5) is 0 Å². The third-order valence-corrected chi connectivity index (χ3v) is 4.50. The van der Waals surface area contributed by atoms with Gasteiger partial charge in [0, 0.05) is 11.6 Å². The maximum Gasteiger partial charge on any atom is 0.231 e. The van der Waals surface area contributed by atoms with Gasteiger partial charge in [-0.25, -0.2) is 0 Å². The number of carbonyl (C=O) groups excluding carboxylic acids is 1. The van der Waals surface area contributed by atoms with E-state index in [9.17, 15) is 4.79 Å². The maximum absolute atomic E-state index is 12.6. The van der Waals surface area contributed by atoms with Crippen molar-refractivity contribution in [3.05, 3.63) is 29.8 Å². The molecule has 2 saturated carbocycles. The summed E-state index contributed by atoms with van der Waals surface area (Å²) in [7, 11) is 1.67. The number of methoxy groups -OCH3 is 1. The van der Waals surface area contributed by atoms with Crippen LogP contribution in [0.3, 0.4) is 0 Å². The molecule has 2 aliphatic rings. The standard InChI is InChI=1S/C16H21NO2/c1-19-14-9-5-4-8-13(14)16(10-11-16)15(18)17-12-6-2-3-7-12/h4-5,8-9,12H,2-3,6-7,10-11H2,1H3,(H,17,18). The lowest BCUT2D eigenvalue weighted by Gasteiger charge is -2.21. The lowest BCUT2D eigenvalue weighted by Crippen LogP contribution is -2.40. The average molecular weight is 259 g/mol. The van der Waals surface area contributed by atoms with Crippen LogP contribution in [-0.4, -0.2) is 19.1 Å². The Morgan fingerprint density at radius 1 is 1.26 bits per heavy atom. The van der Waals surface area contributed by atoms with Gasteiger partial charge in [-0.05, 0) is 31.7 Å². The van der Waals surface area contributed by atoms with E-state index >= 15 is 0 Å². The van der Waals surface area contributed by atoms with Crippen LogP contribution in [0.1, 0.15) is 44.1 Å². The number of benzene rings is 1. The van der Waals surface area contributed by atoms with E-state index in [1.54, 1.807) is 7.11 Å². The Bertz CT molecular complexity index is 473. The monoisotopic (exact) mass is 259 g/mol. The highest BCUT2D eigenvalue weighted by Crippen LogP contribution is 2.51. The van der Waals surface area contributed by atoms with Crippen molar-refractivity contribution in [3.8, 4) is 5.75 Å². The highest BCUT2D eigenvalue weighted by atomic mass is 16.5. The molecule has 1 amide bonds. The first-order valence-corrected chi connectivity index (χ1v) is 7.21. The first kappa shape index (κ1) is 12.5. The largest absolute Gasteiger partial charge is 0.496 e. The fourth-order valence-corrected chi connectivity index (χ4v) is 3.18. The number of rotatable bonds is 4. The second-order valence-corrected chi connectivity index (χ2v) is 5.74. The van der Waals surface area contributed by atoms with E-state index in [2.05, 4.69) is 5.32 Å². The van der Waals surface area contributed by atoms with E-state index in [0.717, 1.165) is 37.0 Å². The molecule has 2 aliphatic carbocycles. The van der Waals surface area contributed by atoms with Gasteiger partial charge in [-0.15, -0.1) is 0 Å². The topological polar surface area (TPSA) is 38.3 Å². The van der Waals surface area contributed by atoms with Crippen LogP contribution in [0.25, 0.3) is 0 Å². The maximum atomic E-state index is 12.6. The van der Waals surface area contributed by atoms with Crippen LogP contribution in [0.5, 0.6) is 5.75 Å². The number of nitrogens with one attached hydrogen (secondary N) is 1. The third kappa shape index (κ3) is 2.22. The van der Waals surface area contributed by atoms with Crippen LogP contribution in [0.15, 0.2) is 24.3 Å². The van der Waals surface area contributed by atoms with Crippen molar-refractivity contribution in [2.75, 3.05) is 7.11 Å². The zero-order valence-corrected chi connectivity index (χ0v) is 11.4. The van der Waals surface area contributed by atoms with Gasteiger partial charge >= 0.3 is 0 Å². The van der Waals surface area contributed by atoms with Crippen LogP contribution in [0.2, 0.25) is 0 Å². The van der Waals surface area contributed by atoms with Crippen molar-refractivity contribution in [2.24, 2.45) is 0 Å². The number of hydrogen-bond acceptors (Lipinski definition) is 2. The molecular weight excluding hydrogens is 238 g/mol. The molecular formula is C16H21NO2. The molecule has 2 fully saturated rings. The summed E-state index contributed by atoms with van der Waals surface area (Å²) in [5.41, 5.74) is 0.725. The molecule has 3 rings (SSSR count). The summed E-state index contributed by atoms with van der Waals surface area (Å²) in [5, 5.41) is 3.24. The molecule has 0 bridgehead atoms. The summed E-state index contributed by atoms with van der Waals surface area (Å²) in [6.45, 7) is 0. The van der Waals surface area contributed by atoms with Crippen molar-refractivity contribution in [1.82, 2.24) is 5.32 Å². The Kier molecular flexibility index (Phi) is 3.21. The summed E-state index contributed by atoms with van der Waals surface area (Å²) in [6, 6.07) is 8.30. The Labute approximate surface area is 114 Å². The number of amides is 1. The van der Waals surface area contributed by atoms with E-state index in [4.69, 9.17) is 4.74 Å². The van der Waals surface area contributed by atoms with Crippen molar-refractivity contribution in [2.45, 2.75) is 50.0 Å². The van der Waals surface area contributed by atoms with E-state index in [1.165, 1.54) is 12.8 Å². The number of carbonyl (C=O) groups is 1. The van der Waals surface area contributed by atoms with Gasteiger partial charge in [0.1, 0.15) is 5.75 Å². The first-order chi connectivity index (χ1) is 9.26. The van der Waals surface area contributed by atoms with Crippen LogP contribution >= 0.6 is 0 Å². The number of para-hydroxylation sites is 1. The van der Waals surface area contributed by atoms with Crippen LogP contribution in [-0.2, 0) is 10.2 Å². The smallest absolute Gasteiger partial charge is 0.231 e. The van der Waals surface area contributed by atoms with Crippen LogP contribution in [0, 0.1) is 0 Å². The van der Waals surface area contributed by atoms with E-state index < -0.39 is 0 Å². The molecule has 3 heteroatoms. The number of hydrogen-bond donors (Lipinski definition) is 1. The minimum absolute atomic E-state index is 0.198. The van der Waals surface area contributed by atoms with Gasteiger partial charge in [0.15, 0.2) is 0 Å². The van der Waals surface area contributed by atoms with E-state index in [0.29, 0.717) is 6.04 Å². The zero-order valence-electron chi connectivity index (χ0n) is 11.4. The van der Waals surface area contributed by atoms with Gasteiger partial charge in [0.05, 0.1) is 12.5 Å². The molecule has 102 valence electrons. The third-order valence-electron chi connectivity index (χ3n) is 4.50. The molecule has 0 aliphatic heterocycles. The predicted molar refractivity (Wildman–Crippen MR) is 74.3 cm³/mol. The normalized spacial score (nSPS) is 21.1. The van der Waals surface area contributed by atoms with Gasteiger partial charge in [-0.1, -0.05) is 31.0 Å². The summed E-state index contributed by atoms with van der Waals surface area (Å²) in [4.78, 5) is 12.6. The predicted octanol–water partition coefficient (Wildman–Crippen LogP) is 2.79. The zero-order chi connectivity index (χ0) is 13.3. The van der Waals surface area contributed by atoms with Crippen molar-refractivity contribution >= 4 is 5.91 Å². The fraction of sp³-hybridized carbons (Fsp3) is 0.562. The Hall–Kier alpha value is -1.51. The summed E-state index contributed by atoms with van der Waals surface area (Å²) in [5.74, 6) is 1.03. The average Bonchev–Trinajstić information content (AvgIpc) is 3.11. The molecule has 0 heterocycles.